The van der Waals surface area contributed by atoms with Crippen LogP contribution in [0.2, 0.25) is 0 Å². The third kappa shape index (κ3) is 3.61. The number of hydrogen-bond donors (Lipinski definition) is 1. The van der Waals surface area contributed by atoms with Crippen LogP contribution in [-0.2, 0) is 0 Å². The fraction of sp³-hybridized carbons (Fsp3) is 0.400. The van der Waals surface area contributed by atoms with Gasteiger partial charge in [0.1, 0.15) is 11.3 Å². The van der Waals surface area contributed by atoms with Gasteiger partial charge in [0.05, 0.1) is 12.4 Å². The molecule has 3 aromatic heterocycles. The molecule has 1 saturated carbocycles. The summed E-state index contributed by atoms with van der Waals surface area (Å²) in [6, 6.07) is 15.6. The molecular formula is C25H29N7. The maximum Gasteiger partial charge on any atom is 0.246 e. The molecule has 1 N–H and O–H groups in total. The lowest BCUT2D eigenvalue weighted by molar-refractivity contribution is 0.353. The van der Waals surface area contributed by atoms with E-state index in [0.717, 1.165) is 42.5 Å². The van der Waals surface area contributed by atoms with E-state index in [-0.39, 0.29) is 0 Å². The quantitative estimate of drug-likeness (QED) is 0.455. The highest BCUT2D eigenvalue weighted by Gasteiger charge is 2.29. The van der Waals surface area contributed by atoms with Gasteiger partial charge in [0.25, 0.3) is 0 Å². The van der Waals surface area contributed by atoms with Gasteiger partial charge in [-0.05, 0) is 43.4 Å². The number of hydrogen-bond acceptors (Lipinski definition) is 5. The summed E-state index contributed by atoms with van der Waals surface area (Å²) < 4.78 is 4.19. The van der Waals surface area contributed by atoms with E-state index in [0.29, 0.717) is 12.1 Å². The third-order valence-electron chi connectivity index (χ3n) is 6.92. The van der Waals surface area contributed by atoms with E-state index in [1.54, 1.807) is 0 Å². The second-order valence-corrected chi connectivity index (χ2v) is 8.98. The van der Waals surface area contributed by atoms with Crippen molar-refractivity contribution < 1.29 is 0 Å². The van der Waals surface area contributed by atoms with Crippen molar-refractivity contribution in [1.29, 1.82) is 0 Å². The summed E-state index contributed by atoms with van der Waals surface area (Å²) in [6.45, 7) is 0.960. The summed E-state index contributed by atoms with van der Waals surface area (Å²) in [7, 11) is 0. The first kappa shape index (κ1) is 19.3. The van der Waals surface area contributed by atoms with Crippen LogP contribution in [0.3, 0.4) is 0 Å². The molecular weight excluding hydrogens is 398 g/mol. The lowest BCUT2D eigenvalue weighted by atomic mass is 9.95. The number of imidazole rings is 1. The van der Waals surface area contributed by atoms with Crippen LogP contribution in [0.1, 0.15) is 62.6 Å². The SMILES string of the molecule is c1ccc([C@@H]2CCCN2c2nc(Nc3cn(C4CCCCC4)cn3)c3cccn3n2)cc1. The van der Waals surface area contributed by atoms with Gasteiger partial charge in [-0.2, -0.15) is 4.98 Å². The molecule has 1 aliphatic carbocycles. The molecule has 164 valence electrons. The second-order valence-electron chi connectivity index (χ2n) is 8.98. The van der Waals surface area contributed by atoms with Gasteiger partial charge in [0.15, 0.2) is 5.82 Å². The van der Waals surface area contributed by atoms with Gasteiger partial charge in [0.2, 0.25) is 5.95 Å². The molecule has 2 fully saturated rings. The van der Waals surface area contributed by atoms with Crippen LogP contribution in [0.5, 0.6) is 0 Å². The van der Waals surface area contributed by atoms with E-state index in [9.17, 15) is 0 Å². The van der Waals surface area contributed by atoms with Crippen LogP contribution in [0.25, 0.3) is 5.52 Å². The Hall–Kier alpha value is -3.35. The van der Waals surface area contributed by atoms with Gasteiger partial charge in [-0.3, -0.25) is 0 Å². The number of nitrogens with zero attached hydrogens (tertiary/aromatic N) is 6. The lowest BCUT2D eigenvalue weighted by Gasteiger charge is -2.25. The number of benzene rings is 1. The Balaban J connectivity index is 1.31. The Morgan fingerprint density at radius 3 is 2.66 bits per heavy atom. The van der Waals surface area contributed by atoms with Crippen LogP contribution >= 0.6 is 0 Å². The smallest absolute Gasteiger partial charge is 0.246 e. The van der Waals surface area contributed by atoms with Gasteiger partial charge < -0.3 is 14.8 Å². The average Bonchev–Trinajstić information content (AvgIpc) is 3.60. The Bertz CT molecular complexity index is 1190. The minimum Gasteiger partial charge on any atom is -0.332 e. The molecule has 1 aromatic carbocycles. The van der Waals surface area contributed by atoms with E-state index in [1.807, 2.05) is 29.2 Å². The number of aromatic nitrogens is 5. The molecule has 1 atom stereocenters. The van der Waals surface area contributed by atoms with Gasteiger partial charge in [0, 0.05) is 25.0 Å². The van der Waals surface area contributed by atoms with Crippen molar-refractivity contribution in [3.63, 3.8) is 0 Å². The minimum atomic E-state index is 0.308. The van der Waals surface area contributed by atoms with E-state index in [4.69, 9.17) is 10.1 Å². The van der Waals surface area contributed by atoms with Crippen LogP contribution < -0.4 is 10.2 Å². The molecule has 0 radical (unpaired) electrons. The maximum absolute atomic E-state index is 4.98. The number of anilines is 3. The van der Waals surface area contributed by atoms with Crippen molar-refractivity contribution >= 4 is 23.1 Å². The minimum absolute atomic E-state index is 0.308. The topological polar surface area (TPSA) is 63.3 Å². The van der Waals surface area contributed by atoms with Crippen molar-refractivity contribution in [1.82, 2.24) is 24.1 Å². The number of nitrogens with one attached hydrogen (secondary N) is 1. The summed E-state index contributed by atoms with van der Waals surface area (Å²) in [6.07, 6.45) is 14.8. The molecule has 0 amide bonds. The molecule has 0 spiro atoms. The second kappa shape index (κ2) is 8.30. The zero-order valence-corrected chi connectivity index (χ0v) is 18.3. The Labute approximate surface area is 188 Å². The van der Waals surface area contributed by atoms with Crippen LogP contribution in [-0.4, -0.2) is 30.7 Å². The first-order valence-electron chi connectivity index (χ1n) is 11.8. The highest BCUT2D eigenvalue weighted by molar-refractivity contribution is 5.73. The maximum atomic E-state index is 4.98. The molecule has 0 unspecified atom stereocenters. The van der Waals surface area contributed by atoms with Gasteiger partial charge in [-0.25, -0.2) is 9.50 Å². The molecule has 2 aliphatic rings. The molecule has 6 rings (SSSR count). The molecule has 4 heterocycles. The van der Waals surface area contributed by atoms with E-state index >= 15 is 0 Å². The van der Waals surface area contributed by atoms with Crippen molar-refractivity contribution in [3.8, 4) is 0 Å². The highest BCUT2D eigenvalue weighted by atomic mass is 15.4. The Morgan fingerprint density at radius 1 is 0.906 bits per heavy atom. The third-order valence-corrected chi connectivity index (χ3v) is 6.92. The predicted molar refractivity (Wildman–Crippen MR) is 126 cm³/mol. The van der Waals surface area contributed by atoms with Gasteiger partial charge in [-0.15, -0.1) is 5.10 Å². The van der Waals surface area contributed by atoms with Gasteiger partial charge >= 0.3 is 0 Å². The van der Waals surface area contributed by atoms with E-state index in [1.165, 1.54) is 37.7 Å². The zero-order chi connectivity index (χ0) is 21.3. The summed E-state index contributed by atoms with van der Waals surface area (Å²) in [5.41, 5.74) is 2.28. The average molecular weight is 428 g/mol. The highest BCUT2D eigenvalue weighted by Crippen LogP contribution is 2.35. The van der Waals surface area contributed by atoms with Gasteiger partial charge in [-0.1, -0.05) is 49.6 Å². The van der Waals surface area contributed by atoms with E-state index in [2.05, 4.69) is 56.3 Å². The Kier molecular flexibility index (Phi) is 5.02. The van der Waals surface area contributed by atoms with Crippen molar-refractivity contribution in [2.24, 2.45) is 0 Å². The molecule has 7 nitrogen and oxygen atoms in total. The zero-order valence-electron chi connectivity index (χ0n) is 18.3. The van der Waals surface area contributed by atoms with Crippen LogP contribution in [0, 0.1) is 0 Å². The van der Waals surface area contributed by atoms with Crippen LogP contribution in [0.4, 0.5) is 17.6 Å². The standard InChI is InChI=1S/C25H29N7/c1-3-9-19(10-4-1)21-13-7-15-31(21)25-28-24(22-14-8-16-32(22)29-25)27-23-17-30(18-26-23)20-11-5-2-6-12-20/h1,3-4,8-10,14,16-18,20-21H,2,5-7,11-13,15H2,(H,27,28,29)/t21-/m0/s1. The summed E-state index contributed by atoms with van der Waals surface area (Å²) in [5.74, 6) is 2.39. The molecule has 4 aromatic rings. The molecule has 1 saturated heterocycles. The lowest BCUT2D eigenvalue weighted by Crippen LogP contribution is -2.25. The molecule has 7 heteroatoms. The largest absolute Gasteiger partial charge is 0.332 e. The Morgan fingerprint density at radius 2 is 1.78 bits per heavy atom. The van der Waals surface area contributed by atoms with Crippen molar-refractivity contribution in [2.75, 3.05) is 16.8 Å². The van der Waals surface area contributed by atoms with Crippen molar-refractivity contribution in [3.05, 3.63) is 66.7 Å². The normalized spacial score (nSPS) is 19.6. The summed E-state index contributed by atoms with van der Waals surface area (Å²) in [4.78, 5) is 12.0. The fourth-order valence-electron chi connectivity index (χ4n) is 5.27. The molecule has 1 aliphatic heterocycles. The van der Waals surface area contributed by atoms with E-state index < -0.39 is 0 Å². The fourth-order valence-corrected chi connectivity index (χ4v) is 5.27. The molecule has 32 heavy (non-hydrogen) atoms. The predicted octanol–water partition coefficient (Wildman–Crippen LogP) is 5.52. The summed E-state index contributed by atoms with van der Waals surface area (Å²) in [5, 5.41) is 8.32. The molecule has 0 bridgehead atoms. The summed E-state index contributed by atoms with van der Waals surface area (Å²) >= 11 is 0. The number of rotatable bonds is 5. The first-order chi connectivity index (χ1) is 15.8. The first-order valence-corrected chi connectivity index (χ1v) is 11.8. The number of fused-ring (bicyclic) bond motifs is 1. The van der Waals surface area contributed by atoms with Crippen molar-refractivity contribution in [2.45, 2.75) is 57.0 Å². The van der Waals surface area contributed by atoms with Crippen LogP contribution in [0.15, 0.2) is 61.2 Å². The monoisotopic (exact) mass is 427 g/mol.